The van der Waals surface area contributed by atoms with E-state index >= 15 is 0 Å². The predicted molar refractivity (Wildman–Crippen MR) is 102 cm³/mol. The molecular weight excluding hydrogens is 348 g/mol. The van der Waals surface area contributed by atoms with Crippen LogP contribution in [0.25, 0.3) is 0 Å². The van der Waals surface area contributed by atoms with E-state index in [1.165, 1.54) is 0 Å². The average Bonchev–Trinajstić information content (AvgIpc) is 2.92. The van der Waals surface area contributed by atoms with Crippen LogP contribution in [0.4, 0.5) is 5.69 Å². The third-order valence-corrected chi connectivity index (χ3v) is 6.94. The van der Waals surface area contributed by atoms with Crippen molar-refractivity contribution in [2.75, 3.05) is 23.0 Å². The first-order valence-corrected chi connectivity index (χ1v) is 10.6. The Kier molecular flexibility index (Phi) is 4.32. The third-order valence-electron chi connectivity index (χ3n) is 5.24. The minimum atomic E-state index is -3.16. The molecule has 2 aliphatic heterocycles. The van der Waals surface area contributed by atoms with Gasteiger partial charge in [-0.2, -0.15) is 0 Å². The zero-order chi connectivity index (χ0) is 18.3. The van der Waals surface area contributed by atoms with E-state index in [9.17, 15) is 13.2 Å². The molecule has 2 aliphatic rings. The number of amides is 1. The van der Waals surface area contributed by atoms with Crippen molar-refractivity contribution < 1.29 is 13.2 Å². The summed E-state index contributed by atoms with van der Waals surface area (Å²) in [4.78, 5) is 16.7. The van der Waals surface area contributed by atoms with Crippen molar-refractivity contribution >= 4 is 21.4 Å². The Balaban J connectivity index is 1.67. The predicted octanol–water partition coefficient (Wildman–Crippen LogP) is 2.01. The molecule has 0 bridgehead atoms. The molecule has 0 saturated carbocycles. The second-order valence-electron chi connectivity index (χ2n) is 7.20. The number of carbonyl (C=O) groups excluding carboxylic acids is 1. The van der Waals surface area contributed by atoms with Crippen LogP contribution in [0.1, 0.15) is 11.1 Å². The SMILES string of the molecule is Cc1ccc(N2C(=O)CN(Cc3ccccc3)C3CS(=O)(=O)CC32)cc1. The summed E-state index contributed by atoms with van der Waals surface area (Å²) in [7, 11) is -3.16. The molecule has 4 rings (SSSR count). The van der Waals surface area contributed by atoms with Gasteiger partial charge in [0.25, 0.3) is 0 Å². The number of rotatable bonds is 3. The number of anilines is 1. The number of carbonyl (C=O) groups is 1. The summed E-state index contributed by atoms with van der Waals surface area (Å²) in [6, 6.07) is 17.1. The molecule has 0 spiro atoms. The van der Waals surface area contributed by atoms with Crippen molar-refractivity contribution in [3.05, 3.63) is 65.7 Å². The number of hydrogen-bond donors (Lipinski definition) is 0. The number of benzene rings is 2. The number of hydrogen-bond acceptors (Lipinski definition) is 4. The number of piperazine rings is 1. The molecule has 1 amide bonds. The lowest BCUT2D eigenvalue weighted by atomic mass is 10.0. The van der Waals surface area contributed by atoms with E-state index in [0.717, 1.165) is 16.8 Å². The first-order chi connectivity index (χ1) is 12.4. The van der Waals surface area contributed by atoms with Crippen LogP contribution in [0.3, 0.4) is 0 Å². The largest absolute Gasteiger partial charge is 0.306 e. The van der Waals surface area contributed by atoms with Gasteiger partial charge in [-0.1, -0.05) is 48.0 Å². The van der Waals surface area contributed by atoms with Crippen molar-refractivity contribution in [1.82, 2.24) is 4.90 Å². The number of aryl methyl sites for hydroxylation is 1. The first kappa shape index (κ1) is 17.2. The fourth-order valence-electron chi connectivity index (χ4n) is 3.99. The molecular formula is C20H22N2O3S. The lowest BCUT2D eigenvalue weighted by Crippen LogP contribution is -2.61. The standard InChI is InChI=1S/C20H22N2O3S/c1-15-7-9-17(10-8-15)22-19-14-26(24,25)13-18(19)21(12-20(22)23)11-16-5-3-2-4-6-16/h2-10,18-19H,11-14H2,1H3. The molecule has 26 heavy (non-hydrogen) atoms. The van der Waals surface area contributed by atoms with Crippen LogP contribution in [0.2, 0.25) is 0 Å². The Morgan fingerprint density at radius 2 is 1.62 bits per heavy atom. The van der Waals surface area contributed by atoms with E-state index in [0.29, 0.717) is 6.54 Å². The number of nitrogens with zero attached hydrogens (tertiary/aromatic N) is 2. The highest BCUT2D eigenvalue weighted by Gasteiger charge is 2.49. The summed E-state index contributed by atoms with van der Waals surface area (Å²) in [5, 5.41) is 0. The molecule has 0 N–H and O–H groups in total. The lowest BCUT2D eigenvalue weighted by molar-refractivity contribution is -0.123. The number of sulfone groups is 1. The minimum absolute atomic E-state index is 0.0303. The molecule has 0 radical (unpaired) electrons. The van der Waals surface area contributed by atoms with Gasteiger partial charge in [-0.05, 0) is 24.6 Å². The molecule has 2 aromatic carbocycles. The quantitative estimate of drug-likeness (QED) is 0.829. The highest BCUT2D eigenvalue weighted by Crippen LogP contribution is 2.32. The zero-order valence-corrected chi connectivity index (χ0v) is 15.5. The Labute approximate surface area is 154 Å². The maximum atomic E-state index is 12.9. The van der Waals surface area contributed by atoms with E-state index in [1.807, 2.05) is 66.4 Å². The van der Waals surface area contributed by atoms with Crippen molar-refractivity contribution in [2.24, 2.45) is 0 Å². The maximum absolute atomic E-state index is 12.9. The van der Waals surface area contributed by atoms with E-state index < -0.39 is 9.84 Å². The normalized spacial score (nSPS) is 25.3. The van der Waals surface area contributed by atoms with Crippen LogP contribution in [0.15, 0.2) is 54.6 Å². The minimum Gasteiger partial charge on any atom is -0.306 e. The lowest BCUT2D eigenvalue weighted by Gasteiger charge is -2.43. The topological polar surface area (TPSA) is 57.7 Å². The van der Waals surface area contributed by atoms with Crippen LogP contribution in [-0.4, -0.2) is 49.4 Å². The highest BCUT2D eigenvalue weighted by molar-refractivity contribution is 7.91. The van der Waals surface area contributed by atoms with E-state index in [2.05, 4.69) is 0 Å². The van der Waals surface area contributed by atoms with Crippen molar-refractivity contribution in [3.63, 3.8) is 0 Å². The van der Waals surface area contributed by atoms with Gasteiger partial charge in [0.15, 0.2) is 9.84 Å². The summed E-state index contributed by atoms with van der Waals surface area (Å²) in [6.07, 6.45) is 0. The Hall–Kier alpha value is -2.18. The molecule has 2 fully saturated rings. The first-order valence-electron chi connectivity index (χ1n) is 8.80. The average molecular weight is 370 g/mol. The fourth-order valence-corrected chi connectivity index (χ4v) is 5.97. The van der Waals surface area contributed by atoms with Gasteiger partial charge in [0, 0.05) is 18.3 Å². The molecule has 2 atom stereocenters. The van der Waals surface area contributed by atoms with Crippen LogP contribution < -0.4 is 4.90 Å². The number of fused-ring (bicyclic) bond motifs is 1. The monoisotopic (exact) mass is 370 g/mol. The van der Waals surface area contributed by atoms with Crippen LogP contribution >= 0.6 is 0 Å². The van der Waals surface area contributed by atoms with E-state index in [1.54, 1.807) is 4.90 Å². The zero-order valence-electron chi connectivity index (χ0n) is 14.7. The Morgan fingerprint density at radius 3 is 2.31 bits per heavy atom. The van der Waals surface area contributed by atoms with Gasteiger partial charge in [-0.3, -0.25) is 9.69 Å². The van der Waals surface area contributed by atoms with Gasteiger partial charge in [0.05, 0.1) is 24.1 Å². The second-order valence-corrected chi connectivity index (χ2v) is 9.36. The smallest absolute Gasteiger partial charge is 0.241 e. The maximum Gasteiger partial charge on any atom is 0.241 e. The molecule has 2 aromatic rings. The van der Waals surface area contributed by atoms with Crippen molar-refractivity contribution in [2.45, 2.75) is 25.6 Å². The molecule has 0 aromatic heterocycles. The summed E-state index contributed by atoms with van der Waals surface area (Å²) >= 11 is 0. The fraction of sp³-hybridized carbons (Fsp3) is 0.350. The van der Waals surface area contributed by atoms with Crippen molar-refractivity contribution in [3.8, 4) is 0 Å². The summed E-state index contributed by atoms with van der Waals surface area (Å²) in [5.41, 5.74) is 2.98. The van der Waals surface area contributed by atoms with Gasteiger partial charge in [0.1, 0.15) is 0 Å². The van der Waals surface area contributed by atoms with Gasteiger partial charge >= 0.3 is 0 Å². The van der Waals surface area contributed by atoms with Crippen LogP contribution in [0, 0.1) is 6.92 Å². The second kappa shape index (κ2) is 6.52. The van der Waals surface area contributed by atoms with E-state index in [4.69, 9.17) is 0 Å². The van der Waals surface area contributed by atoms with Crippen LogP contribution in [0.5, 0.6) is 0 Å². The van der Waals surface area contributed by atoms with Crippen LogP contribution in [-0.2, 0) is 21.2 Å². The van der Waals surface area contributed by atoms with Crippen molar-refractivity contribution in [1.29, 1.82) is 0 Å². The summed E-state index contributed by atoms with van der Waals surface area (Å²) < 4.78 is 24.7. The third kappa shape index (κ3) is 3.27. The van der Waals surface area contributed by atoms with Gasteiger partial charge in [0.2, 0.25) is 5.91 Å². The van der Waals surface area contributed by atoms with Gasteiger partial charge in [-0.15, -0.1) is 0 Å². The van der Waals surface area contributed by atoms with Gasteiger partial charge < -0.3 is 4.90 Å². The summed E-state index contributed by atoms with van der Waals surface area (Å²) in [5.74, 6) is 0.103. The molecule has 2 heterocycles. The molecule has 6 heteroatoms. The molecule has 0 aliphatic carbocycles. The highest BCUT2D eigenvalue weighted by atomic mass is 32.2. The van der Waals surface area contributed by atoms with E-state index in [-0.39, 0.29) is 36.0 Å². The van der Waals surface area contributed by atoms with Gasteiger partial charge in [-0.25, -0.2) is 8.42 Å². The molecule has 2 saturated heterocycles. The Morgan fingerprint density at radius 1 is 0.962 bits per heavy atom. The molecule has 2 unspecified atom stereocenters. The Bertz CT molecular complexity index is 910. The molecule has 136 valence electrons. The molecule has 5 nitrogen and oxygen atoms in total. The summed E-state index contributed by atoms with van der Waals surface area (Å²) in [6.45, 7) is 2.82.